The van der Waals surface area contributed by atoms with Crippen molar-refractivity contribution in [1.82, 2.24) is 0 Å². The lowest BCUT2D eigenvalue weighted by molar-refractivity contribution is -0.672. The number of halogens is 1. The molecule has 5 rings (SSSR count). The van der Waals surface area contributed by atoms with Crippen LogP contribution in [0.5, 0.6) is 0 Å². The number of para-hydroxylation sites is 2. The quantitative estimate of drug-likeness (QED) is 0.374. The highest BCUT2D eigenvalue weighted by Gasteiger charge is 2.17. The molecular formula is C32H32ClN2O2+. The van der Waals surface area contributed by atoms with Crippen LogP contribution in [0.2, 0.25) is 0 Å². The number of β-amino-alcohol motifs (C(OH)–C–C–N with tert-alkyl or cyclic N) is 1. The van der Waals surface area contributed by atoms with Gasteiger partial charge in [0.1, 0.15) is 6.61 Å². The third-order valence-corrected chi connectivity index (χ3v) is 7.47. The number of anilines is 1. The van der Waals surface area contributed by atoms with Crippen molar-refractivity contribution in [3.63, 3.8) is 0 Å². The van der Waals surface area contributed by atoms with Crippen LogP contribution in [0.3, 0.4) is 0 Å². The highest BCUT2D eigenvalue weighted by molar-refractivity contribution is 6.32. The second-order valence-electron chi connectivity index (χ2n) is 9.30. The van der Waals surface area contributed by atoms with Crippen molar-refractivity contribution >= 4 is 39.8 Å². The second kappa shape index (κ2) is 11.7. The van der Waals surface area contributed by atoms with Crippen LogP contribution < -0.4 is 9.47 Å². The Labute approximate surface area is 223 Å². The van der Waals surface area contributed by atoms with Crippen molar-refractivity contribution in [2.75, 3.05) is 24.7 Å². The monoisotopic (exact) mass is 511 g/mol. The summed E-state index contributed by atoms with van der Waals surface area (Å²) in [6.07, 6.45) is 17.8. The summed E-state index contributed by atoms with van der Waals surface area (Å²) in [6, 6.07) is 18.7. The average Bonchev–Trinajstić information content (AvgIpc) is 2.93. The molecule has 0 unspecified atom stereocenters. The molecule has 0 spiro atoms. The SMILES string of the molecule is OCCN1C=C/C(=C/C=C2\CCCC(/C=C/c3cc[n+](CCO)c4ccccc34)=C2Cl)c2ccccc21. The summed E-state index contributed by atoms with van der Waals surface area (Å²) >= 11 is 6.93. The summed E-state index contributed by atoms with van der Waals surface area (Å²) in [5, 5.41) is 20.8. The minimum Gasteiger partial charge on any atom is -0.395 e. The average molecular weight is 512 g/mol. The largest absolute Gasteiger partial charge is 0.395 e. The van der Waals surface area contributed by atoms with E-state index in [0.717, 1.165) is 68.7 Å². The Kier molecular flexibility index (Phi) is 8.00. The van der Waals surface area contributed by atoms with Crippen molar-refractivity contribution in [3.05, 3.63) is 119 Å². The van der Waals surface area contributed by atoms with Crippen LogP contribution in [0.25, 0.3) is 22.6 Å². The molecule has 188 valence electrons. The maximum Gasteiger partial charge on any atom is 0.213 e. The Balaban J connectivity index is 1.43. The van der Waals surface area contributed by atoms with Crippen molar-refractivity contribution in [2.45, 2.75) is 25.8 Å². The van der Waals surface area contributed by atoms with Crippen molar-refractivity contribution in [2.24, 2.45) is 0 Å². The zero-order valence-electron chi connectivity index (χ0n) is 20.9. The zero-order chi connectivity index (χ0) is 25.6. The van der Waals surface area contributed by atoms with Gasteiger partial charge in [0.15, 0.2) is 12.7 Å². The van der Waals surface area contributed by atoms with Crippen LogP contribution in [0.4, 0.5) is 5.69 Å². The number of aromatic nitrogens is 1. The molecule has 0 amide bonds. The van der Waals surface area contributed by atoms with E-state index in [4.69, 9.17) is 11.6 Å². The van der Waals surface area contributed by atoms with Crippen molar-refractivity contribution in [1.29, 1.82) is 0 Å². The molecule has 1 aliphatic heterocycles. The van der Waals surface area contributed by atoms with Gasteiger partial charge in [-0.2, -0.15) is 4.57 Å². The molecule has 2 N–H and O–H groups in total. The van der Waals surface area contributed by atoms with Gasteiger partial charge in [-0.3, -0.25) is 0 Å². The number of benzene rings is 2. The molecule has 37 heavy (non-hydrogen) atoms. The van der Waals surface area contributed by atoms with E-state index in [1.165, 1.54) is 0 Å². The van der Waals surface area contributed by atoms with Crippen LogP contribution in [0.1, 0.15) is 30.4 Å². The third kappa shape index (κ3) is 5.47. The molecular weight excluding hydrogens is 480 g/mol. The van der Waals surface area contributed by atoms with Crippen LogP contribution in [-0.4, -0.2) is 30.0 Å². The van der Waals surface area contributed by atoms with Crippen LogP contribution >= 0.6 is 11.6 Å². The van der Waals surface area contributed by atoms with E-state index in [1.807, 2.05) is 36.7 Å². The Morgan fingerprint density at radius 2 is 1.76 bits per heavy atom. The fourth-order valence-electron chi connectivity index (χ4n) is 5.10. The molecule has 2 heterocycles. The van der Waals surface area contributed by atoms with Crippen LogP contribution in [0.15, 0.2) is 107 Å². The molecule has 5 heteroatoms. The van der Waals surface area contributed by atoms with Crippen LogP contribution in [0, 0.1) is 0 Å². The first-order valence-electron chi connectivity index (χ1n) is 12.8. The number of aliphatic hydroxyl groups excluding tert-OH is 2. The maximum absolute atomic E-state index is 9.40. The summed E-state index contributed by atoms with van der Waals surface area (Å²) in [7, 11) is 0. The van der Waals surface area contributed by atoms with E-state index in [0.29, 0.717) is 13.1 Å². The predicted molar refractivity (Wildman–Crippen MR) is 153 cm³/mol. The van der Waals surface area contributed by atoms with Gasteiger partial charge >= 0.3 is 0 Å². The summed E-state index contributed by atoms with van der Waals surface area (Å²) in [6.45, 7) is 1.37. The van der Waals surface area contributed by atoms with Gasteiger partial charge in [-0.15, -0.1) is 0 Å². The van der Waals surface area contributed by atoms with Gasteiger partial charge in [0.05, 0.1) is 12.0 Å². The highest BCUT2D eigenvalue weighted by Crippen LogP contribution is 2.36. The Morgan fingerprint density at radius 1 is 0.919 bits per heavy atom. The van der Waals surface area contributed by atoms with Gasteiger partial charge in [-0.25, -0.2) is 0 Å². The number of rotatable bonds is 7. The molecule has 0 fully saturated rings. The lowest BCUT2D eigenvalue weighted by Gasteiger charge is -2.27. The van der Waals surface area contributed by atoms with Crippen molar-refractivity contribution < 1.29 is 14.8 Å². The number of fused-ring (bicyclic) bond motifs is 2. The lowest BCUT2D eigenvalue weighted by Crippen LogP contribution is -2.36. The van der Waals surface area contributed by atoms with E-state index < -0.39 is 0 Å². The smallest absolute Gasteiger partial charge is 0.213 e. The van der Waals surface area contributed by atoms with E-state index >= 15 is 0 Å². The Morgan fingerprint density at radius 3 is 2.62 bits per heavy atom. The number of allylic oxidation sites excluding steroid dienone is 8. The molecule has 0 saturated heterocycles. The maximum atomic E-state index is 9.40. The van der Waals surface area contributed by atoms with Gasteiger partial charge < -0.3 is 15.1 Å². The first-order valence-corrected chi connectivity index (χ1v) is 13.2. The minimum atomic E-state index is 0.111. The molecule has 3 aromatic rings. The second-order valence-corrected chi connectivity index (χ2v) is 9.67. The molecule has 0 saturated carbocycles. The van der Waals surface area contributed by atoms with Crippen LogP contribution in [-0.2, 0) is 6.54 Å². The summed E-state index contributed by atoms with van der Waals surface area (Å²) in [4.78, 5) is 2.08. The molecule has 2 aromatic carbocycles. The molecule has 0 atom stereocenters. The number of hydrogen-bond donors (Lipinski definition) is 2. The van der Waals surface area contributed by atoms with Gasteiger partial charge in [0.2, 0.25) is 5.52 Å². The van der Waals surface area contributed by atoms with E-state index in [2.05, 4.69) is 70.2 Å². The van der Waals surface area contributed by atoms with E-state index in [-0.39, 0.29) is 13.2 Å². The number of aliphatic hydroxyl groups is 2. The third-order valence-electron chi connectivity index (χ3n) is 6.98. The number of nitrogens with zero attached hydrogens (tertiary/aromatic N) is 2. The topological polar surface area (TPSA) is 47.6 Å². The van der Waals surface area contributed by atoms with Gasteiger partial charge in [0.25, 0.3) is 0 Å². The summed E-state index contributed by atoms with van der Waals surface area (Å²) in [5.41, 5.74) is 7.94. The molecule has 0 bridgehead atoms. The number of hydrogen-bond acceptors (Lipinski definition) is 3. The normalized spacial score (nSPS) is 18.0. The van der Waals surface area contributed by atoms with Gasteiger partial charge in [0, 0.05) is 41.2 Å². The van der Waals surface area contributed by atoms with Gasteiger partial charge in [-0.05, 0) is 59.8 Å². The first kappa shape index (κ1) is 25.2. The standard InChI is InChI=1S/C32H32ClN2O2/c33-32-26(14-12-24-16-18-34(20-22-36)30-10-3-1-8-28(24)30)6-5-7-27(32)15-13-25-17-19-35(21-23-37)31-11-4-2-9-29(25)31/h1-4,8-19,36-37H,5-7,20-23H2/q+1. The zero-order valence-corrected chi connectivity index (χ0v) is 21.6. The summed E-state index contributed by atoms with van der Waals surface area (Å²) in [5.74, 6) is 0. The molecule has 2 aliphatic rings. The lowest BCUT2D eigenvalue weighted by atomic mass is 9.92. The fourth-order valence-corrected chi connectivity index (χ4v) is 5.42. The van der Waals surface area contributed by atoms with Crippen molar-refractivity contribution in [3.8, 4) is 0 Å². The van der Waals surface area contributed by atoms with E-state index in [9.17, 15) is 10.2 Å². The molecule has 0 radical (unpaired) electrons. The predicted octanol–water partition coefficient (Wildman–Crippen LogP) is 6.15. The Bertz CT molecular complexity index is 1450. The van der Waals surface area contributed by atoms with Gasteiger partial charge in [-0.1, -0.05) is 66.2 Å². The summed E-state index contributed by atoms with van der Waals surface area (Å²) < 4.78 is 2.08. The molecule has 1 aliphatic carbocycles. The first-order chi connectivity index (χ1) is 18.2. The highest BCUT2D eigenvalue weighted by atomic mass is 35.5. The number of pyridine rings is 1. The Hall–Kier alpha value is -3.44. The minimum absolute atomic E-state index is 0.111. The van der Waals surface area contributed by atoms with E-state index in [1.54, 1.807) is 0 Å². The fraction of sp³-hybridized carbons (Fsp3) is 0.219. The molecule has 1 aromatic heterocycles. The molecule has 4 nitrogen and oxygen atoms in total.